The van der Waals surface area contributed by atoms with Crippen LogP contribution >= 0.6 is 23.2 Å². The molecule has 2 heterocycles. The predicted molar refractivity (Wildman–Crippen MR) is 169 cm³/mol. The summed E-state index contributed by atoms with van der Waals surface area (Å²) in [6.45, 7) is 0.721. The van der Waals surface area contributed by atoms with E-state index in [1.807, 2.05) is 12.1 Å². The number of anilines is 2. The zero-order chi connectivity index (χ0) is 30.3. The van der Waals surface area contributed by atoms with E-state index in [-0.39, 0.29) is 24.5 Å². The van der Waals surface area contributed by atoms with E-state index >= 15 is 0 Å². The lowest BCUT2D eigenvalue weighted by Crippen LogP contribution is -2.32. The van der Waals surface area contributed by atoms with E-state index in [2.05, 4.69) is 10.3 Å². The van der Waals surface area contributed by atoms with Crippen LogP contribution in [0, 0.1) is 0 Å². The van der Waals surface area contributed by atoms with E-state index in [1.54, 1.807) is 78.0 Å². The summed E-state index contributed by atoms with van der Waals surface area (Å²) in [7, 11) is 0.256. The standard InChI is InChI=1S/C32H29Cl2N3O5S/c1-41-30-20-22(36-31(38)24-5-2-3-6-27(24)34)9-10-25(30)32(39)37-16-4-7-29(26-19-21(33)8-11-28(26)37)42-17-18-43(40)23-12-14-35-15-13-23/h2-3,5-6,8-15,19-20,29H,4,7,16-18H2,1H3,(H,36,38). The van der Waals surface area contributed by atoms with Gasteiger partial charge in [-0.15, -0.1) is 0 Å². The first-order valence-electron chi connectivity index (χ1n) is 13.6. The van der Waals surface area contributed by atoms with E-state index in [0.717, 1.165) is 5.56 Å². The fourth-order valence-corrected chi connectivity index (χ4v) is 6.24. The molecular formula is C32H29Cl2N3O5S. The highest BCUT2D eigenvalue weighted by atomic mass is 35.5. The molecular weight excluding hydrogens is 609 g/mol. The first-order valence-corrected chi connectivity index (χ1v) is 15.7. The van der Waals surface area contributed by atoms with Crippen molar-refractivity contribution < 1.29 is 23.3 Å². The van der Waals surface area contributed by atoms with Gasteiger partial charge in [-0.05, 0) is 67.4 Å². The van der Waals surface area contributed by atoms with Crippen LogP contribution in [0.5, 0.6) is 5.75 Å². The molecule has 0 saturated carbocycles. The van der Waals surface area contributed by atoms with Gasteiger partial charge in [-0.1, -0.05) is 35.3 Å². The fraction of sp³-hybridized carbons (Fsp3) is 0.219. The van der Waals surface area contributed by atoms with Gasteiger partial charge in [0.25, 0.3) is 11.8 Å². The zero-order valence-corrected chi connectivity index (χ0v) is 25.6. The van der Waals surface area contributed by atoms with E-state index in [1.165, 1.54) is 7.11 Å². The van der Waals surface area contributed by atoms with Crippen LogP contribution in [0.25, 0.3) is 0 Å². The Morgan fingerprint density at radius 3 is 2.58 bits per heavy atom. The summed E-state index contributed by atoms with van der Waals surface area (Å²) in [6, 6.07) is 20.5. The molecule has 0 spiro atoms. The van der Waals surface area contributed by atoms with Crippen LogP contribution in [0.2, 0.25) is 10.0 Å². The molecule has 8 nitrogen and oxygen atoms in total. The summed E-state index contributed by atoms with van der Waals surface area (Å²) >= 11 is 12.6. The molecule has 1 aliphatic heterocycles. The first-order chi connectivity index (χ1) is 20.9. The minimum absolute atomic E-state index is 0.260. The van der Waals surface area contributed by atoms with Gasteiger partial charge < -0.3 is 19.7 Å². The smallest absolute Gasteiger partial charge is 0.262 e. The van der Waals surface area contributed by atoms with E-state index < -0.39 is 10.8 Å². The summed E-state index contributed by atoms with van der Waals surface area (Å²) in [5.74, 6) is 0.00738. The molecule has 5 rings (SSSR count). The minimum atomic E-state index is -1.22. The molecule has 0 aliphatic carbocycles. The van der Waals surface area contributed by atoms with Crippen molar-refractivity contribution in [3.05, 3.63) is 112 Å². The maximum Gasteiger partial charge on any atom is 0.262 e. The number of hydrogen-bond donors (Lipinski definition) is 1. The average molecular weight is 639 g/mol. The van der Waals surface area contributed by atoms with Gasteiger partial charge in [0.05, 0.1) is 52.5 Å². The summed E-state index contributed by atoms with van der Waals surface area (Å²) in [4.78, 5) is 33.1. The number of nitrogens with one attached hydrogen (secondary N) is 1. The van der Waals surface area contributed by atoms with Crippen LogP contribution < -0.4 is 15.0 Å². The van der Waals surface area contributed by atoms with Crippen molar-refractivity contribution in [1.29, 1.82) is 0 Å². The van der Waals surface area contributed by atoms with Gasteiger partial charge in [0.15, 0.2) is 0 Å². The zero-order valence-electron chi connectivity index (χ0n) is 23.3. The van der Waals surface area contributed by atoms with E-state index in [0.29, 0.717) is 68.3 Å². The van der Waals surface area contributed by atoms with Crippen LogP contribution in [0.1, 0.15) is 45.2 Å². The molecule has 0 bridgehead atoms. The Hall–Kier alpha value is -3.76. The number of methoxy groups -OCH3 is 1. The molecule has 2 unspecified atom stereocenters. The molecule has 222 valence electrons. The summed E-state index contributed by atoms with van der Waals surface area (Å²) < 4.78 is 24.5. The molecule has 0 fully saturated rings. The number of ether oxygens (including phenoxy) is 2. The van der Waals surface area contributed by atoms with E-state index in [4.69, 9.17) is 32.7 Å². The highest BCUT2D eigenvalue weighted by Crippen LogP contribution is 2.38. The Labute approximate surface area is 262 Å². The number of nitrogens with zero attached hydrogens (tertiary/aromatic N) is 2. The van der Waals surface area contributed by atoms with Gasteiger partial charge >= 0.3 is 0 Å². The predicted octanol–water partition coefficient (Wildman–Crippen LogP) is 6.96. The Morgan fingerprint density at radius 2 is 1.81 bits per heavy atom. The molecule has 11 heteroatoms. The van der Waals surface area contributed by atoms with Crippen LogP contribution in [0.3, 0.4) is 0 Å². The Kier molecular flexibility index (Phi) is 10.1. The third kappa shape index (κ3) is 7.25. The molecule has 0 radical (unpaired) electrons. The lowest BCUT2D eigenvalue weighted by molar-refractivity contribution is 0.0585. The number of hydrogen-bond acceptors (Lipinski definition) is 6. The quantitative estimate of drug-likeness (QED) is 0.213. The number of benzene rings is 3. The highest BCUT2D eigenvalue weighted by Gasteiger charge is 2.29. The Balaban J connectivity index is 1.34. The fourth-order valence-electron chi connectivity index (χ4n) is 4.93. The second-order valence-electron chi connectivity index (χ2n) is 9.74. The van der Waals surface area contributed by atoms with Crippen molar-refractivity contribution in [3.8, 4) is 5.75 Å². The molecule has 3 aromatic carbocycles. The number of halogens is 2. The number of carbonyl (C=O) groups excluding carboxylic acids is 2. The molecule has 4 aromatic rings. The van der Waals surface area contributed by atoms with Gasteiger partial charge in [0.1, 0.15) is 5.75 Å². The second kappa shape index (κ2) is 14.1. The maximum atomic E-state index is 14.0. The number of rotatable bonds is 9. The number of pyridine rings is 1. The van der Waals surface area contributed by atoms with Gasteiger partial charge in [-0.3, -0.25) is 18.8 Å². The van der Waals surface area contributed by atoms with Crippen LogP contribution in [0.15, 0.2) is 90.1 Å². The largest absolute Gasteiger partial charge is 0.496 e. The second-order valence-corrected chi connectivity index (χ2v) is 12.2. The van der Waals surface area contributed by atoms with Crippen molar-refractivity contribution in [2.75, 3.05) is 36.2 Å². The summed E-state index contributed by atoms with van der Waals surface area (Å²) in [5.41, 5.74) is 2.61. The highest BCUT2D eigenvalue weighted by molar-refractivity contribution is 7.85. The van der Waals surface area contributed by atoms with Crippen LogP contribution in [0.4, 0.5) is 11.4 Å². The van der Waals surface area contributed by atoms with Crippen molar-refractivity contribution in [2.45, 2.75) is 23.8 Å². The first kappa shape index (κ1) is 30.7. The molecule has 2 amide bonds. The van der Waals surface area contributed by atoms with Gasteiger partial charge in [0, 0.05) is 51.9 Å². The van der Waals surface area contributed by atoms with Crippen molar-refractivity contribution >= 4 is 57.2 Å². The third-order valence-corrected chi connectivity index (χ3v) is 8.93. The number of fused-ring (bicyclic) bond motifs is 1. The molecule has 1 aliphatic rings. The van der Waals surface area contributed by atoms with Crippen LogP contribution in [-0.2, 0) is 15.5 Å². The molecule has 43 heavy (non-hydrogen) atoms. The number of carbonyl (C=O) groups is 2. The van der Waals surface area contributed by atoms with Gasteiger partial charge in [0.2, 0.25) is 0 Å². The molecule has 0 saturated heterocycles. The monoisotopic (exact) mass is 637 g/mol. The Bertz CT molecular complexity index is 1650. The normalized spacial score (nSPS) is 15.2. The third-order valence-electron chi connectivity index (χ3n) is 7.03. The molecule has 2 atom stereocenters. The number of amides is 2. The minimum Gasteiger partial charge on any atom is -0.496 e. The average Bonchev–Trinajstić information content (AvgIpc) is 3.20. The number of aromatic nitrogens is 1. The lowest BCUT2D eigenvalue weighted by Gasteiger charge is -2.25. The maximum absolute atomic E-state index is 14.0. The van der Waals surface area contributed by atoms with E-state index in [9.17, 15) is 13.8 Å². The summed E-state index contributed by atoms with van der Waals surface area (Å²) in [6.07, 6.45) is 4.23. The van der Waals surface area contributed by atoms with Gasteiger partial charge in [-0.25, -0.2) is 0 Å². The lowest BCUT2D eigenvalue weighted by atomic mass is 10.0. The van der Waals surface area contributed by atoms with Crippen molar-refractivity contribution in [1.82, 2.24) is 4.98 Å². The summed E-state index contributed by atoms with van der Waals surface area (Å²) in [5, 5.41) is 3.67. The SMILES string of the molecule is COc1cc(NC(=O)c2ccccc2Cl)ccc1C(=O)N1CCCC(OCCS(=O)c2ccncc2)c2cc(Cl)ccc21. The molecule has 1 aromatic heterocycles. The van der Waals surface area contributed by atoms with Crippen molar-refractivity contribution in [3.63, 3.8) is 0 Å². The molecule has 1 N–H and O–H groups in total. The Morgan fingerprint density at radius 1 is 1.02 bits per heavy atom. The van der Waals surface area contributed by atoms with Gasteiger partial charge in [-0.2, -0.15) is 0 Å². The topological polar surface area (TPSA) is 97.8 Å². The van der Waals surface area contributed by atoms with Crippen molar-refractivity contribution in [2.24, 2.45) is 0 Å². The van der Waals surface area contributed by atoms with Crippen LogP contribution in [-0.4, -0.2) is 47.0 Å².